The molecular formula is C8H8N2O2S. The summed E-state index contributed by atoms with van der Waals surface area (Å²) in [6.07, 6.45) is 0. The lowest BCUT2D eigenvalue weighted by Crippen LogP contribution is -2.04. The summed E-state index contributed by atoms with van der Waals surface area (Å²) in [7, 11) is 0. The van der Waals surface area contributed by atoms with Crippen molar-refractivity contribution in [3.05, 3.63) is 21.7 Å². The normalized spacial score (nSPS) is 9.23. The molecule has 0 aliphatic heterocycles. The predicted octanol–water partition coefficient (Wildman–Crippen LogP) is 2.06. The van der Waals surface area contributed by atoms with E-state index in [0.29, 0.717) is 17.2 Å². The minimum atomic E-state index is -0.458. The van der Waals surface area contributed by atoms with Crippen molar-refractivity contribution in [2.75, 3.05) is 12.3 Å². The molecule has 0 unspecified atom stereocenters. The van der Waals surface area contributed by atoms with Crippen molar-refractivity contribution in [2.24, 2.45) is 0 Å². The lowest BCUT2D eigenvalue weighted by Gasteiger charge is -1.99. The Bertz CT molecular complexity index is 365. The van der Waals surface area contributed by atoms with Crippen LogP contribution >= 0.6 is 11.3 Å². The quantitative estimate of drug-likeness (QED) is 0.581. The highest BCUT2D eigenvalue weighted by Gasteiger charge is 2.15. The Balaban J connectivity index is 2.97. The van der Waals surface area contributed by atoms with Crippen LogP contribution < -0.4 is 5.73 Å². The van der Waals surface area contributed by atoms with Crippen LogP contribution in [0.4, 0.5) is 11.4 Å². The molecule has 1 heterocycles. The summed E-state index contributed by atoms with van der Waals surface area (Å²) in [6, 6.07) is 0. The van der Waals surface area contributed by atoms with Crippen molar-refractivity contribution in [3.8, 4) is 0 Å². The maximum absolute atomic E-state index is 11.2. The van der Waals surface area contributed by atoms with Gasteiger partial charge in [0.15, 0.2) is 0 Å². The molecule has 1 rings (SSSR count). The third-order valence-corrected chi connectivity index (χ3v) is 2.35. The topological polar surface area (TPSA) is 56.7 Å². The number of thiophene rings is 1. The first-order valence-corrected chi connectivity index (χ1v) is 4.50. The van der Waals surface area contributed by atoms with Gasteiger partial charge in [-0.3, -0.25) is 0 Å². The van der Waals surface area contributed by atoms with Gasteiger partial charge in [-0.25, -0.2) is 9.64 Å². The van der Waals surface area contributed by atoms with Crippen LogP contribution in [-0.4, -0.2) is 12.6 Å². The molecule has 4 nitrogen and oxygen atoms in total. The molecule has 5 heteroatoms. The van der Waals surface area contributed by atoms with E-state index < -0.39 is 5.97 Å². The van der Waals surface area contributed by atoms with E-state index in [1.54, 1.807) is 12.3 Å². The number of nitrogens with zero attached hydrogens (tertiary/aromatic N) is 1. The number of hydrogen-bond acceptors (Lipinski definition) is 4. The Hall–Kier alpha value is -1.54. The molecule has 0 atom stereocenters. The van der Waals surface area contributed by atoms with Gasteiger partial charge in [0.2, 0.25) is 5.69 Å². The van der Waals surface area contributed by atoms with Crippen molar-refractivity contribution in [1.82, 2.24) is 0 Å². The summed E-state index contributed by atoms with van der Waals surface area (Å²) in [5.74, 6) is -0.458. The second kappa shape index (κ2) is 3.92. The average molecular weight is 196 g/mol. The number of carbonyl (C=O) groups excluding carboxylic acids is 1. The summed E-state index contributed by atoms with van der Waals surface area (Å²) in [5.41, 5.74) is 6.07. The number of ether oxygens (including phenoxy) is 1. The molecular weight excluding hydrogens is 188 g/mol. The highest BCUT2D eigenvalue weighted by Crippen LogP contribution is 2.32. The number of carbonyl (C=O) groups is 1. The monoisotopic (exact) mass is 196 g/mol. The smallest absolute Gasteiger partial charge is 0.349 e. The van der Waals surface area contributed by atoms with E-state index in [-0.39, 0.29) is 5.69 Å². The number of nitrogen functional groups attached to an aromatic ring is 1. The van der Waals surface area contributed by atoms with Crippen LogP contribution in [0.25, 0.3) is 4.85 Å². The summed E-state index contributed by atoms with van der Waals surface area (Å²) in [4.78, 5) is 14.7. The van der Waals surface area contributed by atoms with Gasteiger partial charge in [-0.2, -0.15) is 0 Å². The number of rotatable bonds is 2. The first kappa shape index (κ1) is 9.55. The summed E-state index contributed by atoms with van der Waals surface area (Å²) < 4.78 is 4.76. The third kappa shape index (κ3) is 1.79. The molecule has 0 amide bonds. The summed E-state index contributed by atoms with van der Waals surface area (Å²) in [6.45, 7) is 8.77. The van der Waals surface area contributed by atoms with Crippen LogP contribution in [0.1, 0.15) is 16.6 Å². The standard InChI is InChI=1S/C8H8N2O2S/c1-3-12-8(11)7-6(9)5(10-2)4-13-7/h4H,3,9H2,1H3. The molecule has 13 heavy (non-hydrogen) atoms. The molecule has 1 aromatic rings. The molecule has 1 aromatic heterocycles. The van der Waals surface area contributed by atoms with Gasteiger partial charge in [0.25, 0.3) is 0 Å². The predicted molar refractivity (Wildman–Crippen MR) is 50.9 cm³/mol. The van der Waals surface area contributed by atoms with Crippen molar-refractivity contribution in [2.45, 2.75) is 6.92 Å². The third-order valence-electron chi connectivity index (χ3n) is 1.39. The molecule has 0 aliphatic carbocycles. The number of anilines is 1. The molecule has 0 aliphatic rings. The average Bonchev–Trinajstić information content (AvgIpc) is 2.47. The van der Waals surface area contributed by atoms with Crippen LogP contribution in [-0.2, 0) is 4.74 Å². The minimum Gasteiger partial charge on any atom is -0.462 e. The second-order valence-electron chi connectivity index (χ2n) is 2.20. The molecule has 0 spiro atoms. The van der Waals surface area contributed by atoms with Gasteiger partial charge < -0.3 is 10.5 Å². The van der Waals surface area contributed by atoms with Gasteiger partial charge in [-0.05, 0) is 12.3 Å². The van der Waals surface area contributed by atoms with E-state index in [1.807, 2.05) is 0 Å². The Kier molecular flexibility index (Phi) is 2.88. The van der Waals surface area contributed by atoms with E-state index >= 15 is 0 Å². The van der Waals surface area contributed by atoms with Crippen molar-refractivity contribution < 1.29 is 9.53 Å². The molecule has 0 saturated heterocycles. The van der Waals surface area contributed by atoms with Gasteiger partial charge in [0.05, 0.1) is 18.9 Å². The molecule has 0 radical (unpaired) electrons. The van der Waals surface area contributed by atoms with Crippen LogP contribution in [0.2, 0.25) is 0 Å². The van der Waals surface area contributed by atoms with E-state index in [2.05, 4.69) is 4.85 Å². The Morgan fingerprint density at radius 1 is 1.85 bits per heavy atom. The highest BCUT2D eigenvalue weighted by atomic mass is 32.1. The zero-order valence-electron chi connectivity index (χ0n) is 7.03. The lowest BCUT2D eigenvalue weighted by molar-refractivity contribution is 0.0533. The SMILES string of the molecule is [C-]#[N+]c1csc(C(=O)OCC)c1N. The number of nitrogens with two attached hydrogens (primary N) is 1. The largest absolute Gasteiger partial charge is 0.462 e. The molecule has 68 valence electrons. The first-order chi connectivity index (χ1) is 6.20. The summed E-state index contributed by atoms with van der Waals surface area (Å²) >= 11 is 1.14. The fourth-order valence-electron chi connectivity index (χ4n) is 0.799. The second-order valence-corrected chi connectivity index (χ2v) is 3.08. The number of esters is 1. The molecule has 0 aromatic carbocycles. The fraction of sp³-hybridized carbons (Fsp3) is 0.250. The van der Waals surface area contributed by atoms with E-state index in [0.717, 1.165) is 11.3 Å². The zero-order valence-corrected chi connectivity index (χ0v) is 7.85. The van der Waals surface area contributed by atoms with Crippen molar-refractivity contribution in [1.29, 1.82) is 0 Å². The van der Waals surface area contributed by atoms with Crippen LogP contribution in [0.5, 0.6) is 0 Å². The van der Waals surface area contributed by atoms with Crippen LogP contribution in [0.15, 0.2) is 5.38 Å². The molecule has 0 bridgehead atoms. The maximum atomic E-state index is 11.2. The van der Waals surface area contributed by atoms with E-state index in [4.69, 9.17) is 17.0 Å². The van der Waals surface area contributed by atoms with Gasteiger partial charge in [0, 0.05) is 0 Å². The van der Waals surface area contributed by atoms with E-state index in [1.165, 1.54) is 0 Å². The molecule has 2 N–H and O–H groups in total. The lowest BCUT2D eigenvalue weighted by atomic mass is 10.3. The molecule has 0 saturated carbocycles. The zero-order chi connectivity index (χ0) is 9.84. The first-order valence-electron chi connectivity index (χ1n) is 3.62. The van der Waals surface area contributed by atoms with Gasteiger partial charge in [-0.1, -0.05) is 0 Å². The van der Waals surface area contributed by atoms with E-state index in [9.17, 15) is 4.79 Å². The van der Waals surface area contributed by atoms with Crippen molar-refractivity contribution >= 4 is 28.7 Å². The van der Waals surface area contributed by atoms with Crippen LogP contribution in [0, 0.1) is 6.57 Å². The summed E-state index contributed by atoms with van der Waals surface area (Å²) in [5, 5.41) is 1.55. The van der Waals surface area contributed by atoms with Crippen LogP contribution in [0.3, 0.4) is 0 Å². The Morgan fingerprint density at radius 3 is 3.00 bits per heavy atom. The Morgan fingerprint density at radius 2 is 2.54 bits per heavy atom. The minimum absolute atomic E-state index is 0.221. The van der Waals surface area contributed by atoms with Gasteiger partial charge in [0.1, 0.15) is 4.88 Å². The fourth-order valence-corrected chi connectivity index (χ4v) is 1.60. The highest BCUT2D eigenvalue weighted by molar-refractivity contribution is 7.13. The molecule has 0 fully saturated rings. The maximum Gasteiger partial charge on any atom is 0.349 e. The van der Waals surface area contributed by atoms with Gasteiger partial charge in [-0.15, -0.1) is 11.3 Å². The number of hydrogen-bond donors (Lipinski definition) is 1. The van der Waals surface area contributed by atoms with Gasteiger partial charge >= 0.3 is 5.97 Å². The van der Waals surface area contributed by atoms with Crippen molar-refractivity contribution in [3.63, 3.8) is 0 Å². The Labute approximate surface area is 79.7 Å².